The summed E-state index contributed by atoms with van der Waals surface area (Å²) in [4.78, 5) is 38.0. The van der Waals surface area contributed by atoms with E-state index in [1.807, 2.05) is 19.0 Å². The number of amides is 1. The van der Waals surface area contributed by atoms with Crippen LogP contribution < -0.4 is 0 Å². The van der Waals surface area contributed by atoms with Crippen LogP contribution >= 0.6 is 0 Å². The van der Waals surface area contributed by atoms with Crippen LogP contribution in [0.15, 0.2) is 24.3 Å². The molecule has 0 radical (unpaired) electrons. The maximum atomic E-state index is 12.7. The highest BCUT2D eigenvalue weighted by Gasteiger charge is 2.23. The Bertz CT molecular complexity index is 586. The molecule has 132 valence electrons. The molecule has 0 saturated carbocycles. The number of benzene rings is 1. The lowest BCUT2D eigenvalue weighted by Crippen LogP contribution is -2.41. The van der Waals surface area contributed by atoms with Crippen LogP contribution in [-0.4, -0.2) is 67.4 Å². The number of nitrogens with zero attached hydrogens (tertiary/aromatic N) is 3. The molecular weight excluding hydrogens is 314 g/mol. The van der Waals surface area contributed by atoms with Crippen molar-refractivity contribution in [1.29, 1.82) is 0 Å². The third kappa shape index (κ3) is 5.62. The first kappa shape index (κ1) is 19.6. The molecule has 1 unspecified atom stereocenters. The zero-order valence-electron chi connectivity index (χ0n) is 14.4. The molecule has 24 heavy (non-hydrogen) atoms. The average molecular weight is 337 g/mol. The molecule has 0 saturated heterocycles. The van der Waals surface area contributed by atoms with E-state index >= 15 is 0 Å². The van der Waals surface area contributed by atoms with Gasteiger partial charge < -0.3 is 14.5 Å². The quantitative estimate of drug-likeness (QED) is 0.404. The Labute approximate surface area is 141 Å². The highest BCUT2D eigenvalue weighted by molar-refractivity contribution is 5.94. The number of ether oxygens (including phenoxy) is 1. The van der Waals surface area contributed by atoms with Crippen LogP contribution in [0.5, 0.6) is 0 Å². The highest BCUT2D eigenvalue weighted by atomic mass is 16.6. The SMILES string of the molecule is COC(=O)C(C)CN(CCN(C)C)C(=O)c1ccc([N+](=O)[O-])cc1. The molecule has 0 N–H and O–H groups in total. The molecule has 0 spiro atoms. The number of hydrogen-bond donors (Lipinski definition) is 0. The minimum atomic E-state index is -0.516. The van der Waals surface area contributed by atoms with E-state index in [0.29, 0.717) is 18.7 Å². The standard InChI is InChI=1S/C16H23N3O5/c1-12(16(21)24-4)11-18(10-9-17(2)3)15(20)13-5-7-14(8-6-13)19(22)23/h5-8,12H,9-11H2,1-4H3. The number of likely N-dealkylation sites (N-methyl/N-ethyl adjacent to an activating group) is 1. The third-order valence-electron chi connectivity index (χ3n) is 3.53. The Morgan fingerprint density at radius 3 is 2.25 bits per heavy atom. The van der Waals surface area contributed by atoms with Crippen LogP contribution in [0.1, 0.15) is 17.3 Å². The second-order valence-electron chi connectivity index (χ2n) is 5.78. The van der Waals surface area contributed by atoms with Gasteiger partial charge in [-0.25, -0.2) is 0 Å². The predicted molar refractivity (Wildman–Crippen MR) is 88.7 cm³/mol. The fourth-order valence-electron chi connectivity index (χ4n) is 2.11. The van der Waals surface area contributed by atoms with Gasteiger partial charge in [0.25, 0.3) is 11.6 Å². The van der Waals surface area contributed by atoms with Crippen molar-refractivity contribution < 1.29 is 19.2 Å². The normalized spacial score (nSPS) is 11.9. The number of non-ortho nitro benzene ring substituents is 1. The first-order valence-electron chi connectivity index (χ1n) is 7.52. The summed E-state index contributed by atoms with van der Waals surface area (Å²) < 4.78 is 4.70. The zero-order valence-corrected chi connectivity index (χ0v) is 14.4. The summed E-state index contributed by atoms with van der Waals surface area (Å²) in [6, 6.07) is 5.43. The van der Waals surface area contributed by atoms with Crippen molar-refractivity contribution in [2.75, 3.05) is 40.8 Å². The van der Waals surface area contributed by atoms with Gasteiger partial charge in [0, 0.05) is 37.3 Å². The summed E-state index contributed by atoms with van der Waals surface area (Å²) in [5.41, 5.74) is 0.269. The number of esters is 1. The van der Waals surface area contributed by atoms with Gasteiger partial charge in [-0.3, -0.25) is 19.7 Å². The Morgan fingerprint density at radius 2 is 1.79 bits per heavy atom. The minimum absolute atomic E-state index is 0.0747. The van der Waals surface area contributed by atoms with Crippen molar-refractivity contribution in [3.05, 3.63) is 39.9 Å². The molecule has 1 rings (SSSR count). The molecule has 0 aliphatic carbocycles. The lowest BCUT2D eigenvalue weighted by atomic mass is 10.1. The van der Waals surface area contributed by atoms with E-state index in [2.05, 4.69) is 0 Å². The summed E-state index contributed by atoms with van der Waals surface area (Å²) in [7, 11) is 5.08. The Kier molecular flexibility index (Phi) is 7.31. The van der Waals surface area contributed by atoms with Gasteiger partial charge in [0.05, 0.1) is 18.0 Å². The molecule has 8 nitrogen and oxygen atoms in total. The number of carbonyl (C=O) groups is 2. The Hall–Kier alpha value is -2.48. The molecule has 0 aliphatic heterocycles. The first-order chi connectivity index (χ1) is 11.3. The molecule has 0 bridgehead atoms. The van der Waals surface area contributed by atoms with Crippen molar-refractivity contribution in [2.24, 2.45) is 5.92 Å². The summed E-state index contributed by atoms with van der Waals surface area (Å²) in [6.45, 7) is 2.98. The van der Waals surface area contributed by atoms with Crippen LogP contribution in [0.2, 0.25) is 0 Å². The molecule has 0 heterocycles. The summed E-state index contributed by atoms with van der Waals surface area (Å²) in [6.07, 6.45) is 0. The van der Waals surface area contributed by atoms with Crippen molar-refractivity contribution in [3.63, 3.8) is 0 Å². The fraction of sp³-hybridized carbons (Fsp3) is 0.500. The van der Waals surface area contributed by atoms with Gasteiger partial charge in [-0.1, -0.05) is 6.92 Å². The van der Waals surface area contributed by atoms with E-state index in [4.69, 9.17) is 4.74 Å². The van der Waals surface area contributed by atoms with Crippen molar-refractivity contribution in [1.82, 2.24) is 9.80 Å². The van der Waals surface area contributed by atoms with Crippen molar-refractivity contribution in [3.8, 4) is 0 Å². The van der Waals surface area contributed by atoms with E-state index in [0.717, 1.165) is 0 Å². The lowest BCUT2D eigenvalue weighted by Gasteiger charge is -2.26. The van der Waals surface area contributed by atoms with Gasteiger partial charge in [0.15, 0.2) is 0 Å². The zero-order chi connectivity index (χ0) is 18.3. The molecule has 1 amide bonds. The molecular formula is C16H23N3O5. The molecule has 1 aromatic carbocycles. The minimum Gasteiger partial charge on any atom is -0.469 e. The van der Waals surface area contributed by atoms with Gasteiger partial charge in [-0.15, -0.1) is 0 Å². The predicted octanol–water partition coefficient (Wildman–Crippen LogP) is 1.41. The molecule has 0 aromatic heterocycles. The van der Waals surface area contributed by atoms with Crippen LogP contribution in [0.25, 0.3) is 0 Å². The number of rotatable bonds is 8. The number of methoxy groups -OCH3 is 1. The molecule has 0 aliphatic rings. The van der Waals surface area contributed by atoms with E-state index in [1.54, 1.807) is 11.8 Å². The van der Waals surface area contributed by atoms with Crippen molar-refractivity contribution >= 4 is 17.6 Å². The monoisotopic (exact) mass is 337 g/mol. The Morgan fingerprint density at radius 1 is 1.21 bits per heavy atom. The summed E-state index contributed by atoms with van der Waals surface area (Å²) in [5.74, 6) is -1.12. The van der Waals surface area contributed by atoms with Gasteiger partial charge >= 0.3 is 5.97 Å². The maximum absolute atomic E-state index is 12.7. The topological polar surface area (TPSA) is 93.0 Å². The second-order valence-corrected chi connectivity index (χ2v) is 5.78. The number of carbonyl (C=O) groups excluding carboxylic acids is 2. The van der Waals surface area contributed by atoms with Crippen molar-refractivity contribution in [2.45, 2.75) is 6.92 Å². The van der Waals surface area contributed by atoms with Gasteiger partial charge in [0.2, 0.25) is 0 Å². The van der Waals surface area contributed by atoms with Crippen LogP contribution in [0.4, 0.5) is 5.69 Å². The fourth-order valence-corrected chi connectivity index (χ4v) is 2.11. The Balaban J connectivity index is 2.92. The summed E-state index contributed by atoms with van der Waals surface area (Å²) >= 11 is 0. The molecule has 0 fully saturated rings. The smallest absolute Gasteiger partial charge is 0.310 e. The van der Waals surface area contributed by atoms with E-state index < -0.39 is 10.8 Å². The maximum Gasteiger partial charge on any atom is 0.310 e. The highest BCUT2D eigenvalue weighted by Crippen LogP contribution is 2.14. The first-order valence-corrected chi connectivity index (χ1v) is 7.52. The van der Waals surface area contributed by atoms with Crippen LogP contribution in [0.3, 0.4) is 0 Å². The molecule has 8 heteroatoms. The van der Waals surface area contributed by atoms with Gasteiger partial charge in [0.1, 0.15) is 0 Å². The van der Waals surface area contributed by atoms with Crippen LogP contribution in [-0.2, 0) is 9.53 Å². The molecule has 1 atom stereocenters. The third-order valence-corrected chi connectivity index (χ3v) is 3.53. The van der Waals surface area contributed by atoms with Gasteiger partial charge in [-0.2, -0.15) is 0 Å². The summed E-state index contributed by atoms with van der Waals surface area (Å²) in [5, 5.41) is 10.7. The second kappa shape index (κ2) is 8.97. The largest absolute Gasteiger partial charge is 0.469 e. The molecule has 1 aromatic rings. The average Bonchev–Trinajstić information content (AvgIpc) is 2.56. The van der Waals surface area contributed by atoms with Crippen LogP contribution in [0, 0.1) is 16.0 Å². The van der Waals surface area contributed by atoms with Gasteiger partial charge in [-0.05, 0) is 26.2 Å². The number of hydrogen-bond acceptors (Lipinski definition) is 6. The van der Waals surface area contributed by atoms with E-state index in [-0.39, 0.29) is 24.1 Å². The van der Waals surface area contributed by atoms with E-state index in [1.165, 1.54) is 31.4 Å². The van der Waals surface area contributed by atoms with E-state index in [9.17, 15) is 19.7 Å². The number of nitro benzene ring substituents is 1. The lowest BCUT2D eigenvalue weighted by molar-refractivity contribution is -0.384. The number of nitro groups is 1.